The van der Waals surface area contributed by atoms with E-state index >= 15 is 0 Å². The summed E-state index contributed by atoms with van der Waals surface area (Å²) in [5.74, 6) is 1.26. The number of pyridine rings is 1. The lowest BCUT2D eigenvalue weighted by molar-refractivity contribution is -0.119. The SMILES string of the molecule is CCOCCn1ncc2nc(NC(=O)[C@H]3CCNC3)nc(Nc3ccccn3)c21. The summed E-state index contributed by atoms with van der Waals surface area (Å²) in [6, 6.07) is 5.57. The van der Waals surface area contributed by atoms with Gasteiger partial charge in [0.2, 0.25) is 11.9 Å². The number of amides is 1. The molecule has 152 valence electrons. The number of anilines is 3. The van der Waals surface area contributed by atoms with Gasteiger partial charge in [0, 0.05) is 19.3 Å². The van der Waals surface area contributed by atoms with Crippen LogP contribution in [0.1, 0.15) is 13.3 Å². The summed E-state index contributed by atoms with van der Waals surface area (Å²) in [7, 11) is 0. The first-order valence-corrected chi connectivity index (χ1v) is 9.75. The summed E-state index contributed by atoms with van der Waals surface area (Å²) in [5, 5.41) is 13.7. The zero-order valence-corrected chi connectivity index (χ0v) is 16.3. The molecule has 29 heavy (non-hydrogen) atoms. The number of carbonyl (C=O) groups is 1. The van der Waals surface area contributed by atoms with Crippen molar-refractivity contribution in [2.45, 2.75) is 19.9 Å². The largest absolute Gasteiger partial charge is 0.380 e. The standard InChI is InChI=1S/C19H24N8O2/c1-2-29-10-9-27-16-14(12-22-27)23-19(26-18(28)13-6-8-20-11-13)25-17(16)24-15-5-3-4-7-21-15/h3-5,7,12-13,20H,2,6,8-11H2,1H3,(H2,21,23,24,25,26,28)/t13-/m0/s1. The molecule has 3 aromatic rings. The van der Waals surface area contributed by atoms with Gasteiger partial charge in [0.25, 0.3) is 0 Å². The molecule has 0 saturated carbocycles. The second-order valence-electron chi connectivity index (χ2n) is 6.71. The van der Waals surface area contributed by atoms with Gasteiger partial charge in [-0.15, -0.1) is 0 Å². The molecular weight excluding hydrogens is 372 g/mol. The smallest absolute Gasteiger partial charge is 0.232 e. The van der Waals surface area contributed by atoms with Crippen LogP contribution in [0.25, 0.3) is 11.0 Å². The maximum atomic E-state index is 12.5. The Morgan fingerprint density at radius 3 is 3.07 bits per heavy atom. The fourth-order valence-electron chi connectivity index (χ4n) is 3.26. The van der Waals surface area contributed by atoms with Gasteiger partial charge in [0.15, 0.2) is 5.82 Å². The monoisotopic (exact) mass is 396 g/mol. The predicted molar refractivity (Wildman–Crippen MR) is 109 cm³/mol. The van der Waals surface area contributed by atoms with E-state index in [0.717, 1.165) is 18.5 Å². The van der Waals surface area contributed by atoms with E-state index in [1.165, 1.54) is 0 Å². The van der Waals surface area contributed by atoms with Crippen LogP contribution in [0.3, 0.4) is 0 Å². The molecule has 3 N–H and O–H groups in total. The molecule has 10 heteroatoms. The summed E-state index contributed by atoms with van der Waals surface area (Å²) in [6.07, 6.45) is 4.17. The number of hydrogen-bond acceptors (Lipinski definition) is 8. The van der Waals surface area contributed by atoms with Crippen LogP contribution >= 0.6 is 0 Å². The molecule has 0 aromatic carbocycles. The van der Waals surface area contributed by atoms with Gasteiger partial charge < -0.3 is 15.4 Å². The Morgan fingerprint density at radius 2 is 2.31 bits per heavy atom. The van der Waals surface area contributed by atoms with Crippen LogP contribution in [0.5, 0.6) is 0 Å². The van der Waals surface area contributed by atoms with E-state index in [4.69, 9.17) is 4.74 Å². The van der Waals surface area contributed by atoms with Crippen LogP contribution in [0.4, 0.5) is 17.6 Å². The van der Waals surface area contributed by atoms with E-state index in [2.05, 4.69) is 36.0 Å². The van der Waals surface area contributed by atoms with Crippen molar-refractivity contribution >= 4 is 34.5 Å². The Labute approximate surface area is 168 Å². The molecule has 1 saturated heterocycles. The highest BCUT2D eigenvalue weighted by Crippen LogP contribution is 2.25. The van der Waals surface area contributed by atoms with E-state index in [1.807, 2.05) is 25.1 Å². The first kappa shape index (κ1) is 19.2. The van der Waals surface area contributed by atoms with Gasteiger partial charge in [-0.3, -0.25) is 14.8 Å². The van der Waals surface area contributed by atoms with Crippen LogP contribution in [0, 0.1) is 5.92 Å². The van der Waals surface area contributed by atoms with Crippen molar-refractivity contribution in [3.63, 3.8) is 0 Å². The highest BCUT2D eigenvalue weighted by Gasteiger charge is 2.24. The minimum absolute atomic E-state index is 0.0737. The average molecular weight is 396 g/mol. The lowest BCUT2D eigenvalue weighted by Gasteiger charge is -2.12. The Bertz CT molecular complexity index is 969. The summed E-state index contributed by atoms with van der Waals surface area (Å²) in [4.78, 5) is 25.8. The van der Waals surface area contributed by atoms with Crippen molar-refractivity contribution in [3.8, 4) is 0 Å². The number of carbonyl (C=O) groups excluding carboxylic acids is 1. The van der Waals surface area contributed by atoms with E-state index < -0.39 is 0 Å². The average Bonchev–Trinajstić information content (AvgIpc) is 3.39. The molecule has 0 bridgehead atoms. The van der Waals surface area contributed by atoms with Crippen molar-refractivity contribution in [1.82, 2.24) is 30.0 Å². The van der Waals surface area contributed by atoms with Crippen molar-refractivity contribution < 1.29 is 9.53 Å². The van der Waals surface area contributed by atoms with Crippen molar-refractivity contribution in [2.24, 2.45) is 5.92 Å². The molecule has 0 radical (unpaired) electrons. The van der Waals surface area contributed by atoms with Crippen LogP contribution in [-0.2, 0) is 16.1 Å². The molecule has 1 amide bonds. The normalized spacial score (nSPS) is 16.2. The number of ether oxygens (including phenoxy) is 1. The third-order valence-electron chi connectivity index (χ3n) is 4.72. The lowest BCUT2D eigenvalue weighted by atomic mass is 10.1. The molecule has 0 spiro atoms. The van der Waals surface area contributed by atoms with Crippen LogP contribution in [0.2, 0.25) is 0 Å². The highest BCUT2D eigenvalue weighted by molar-refractivity contribution is 5.94. The van der Waals surface area contributed by atoms with Crippen LogP contribution < -0.4 is 16.0 Å². The zero-order chi connectivity index (χ0) is 20.1. The van der Waals surface area contributed by atoms with Gasteiger partial charge in [-0.05, 0) is 32.0 Å². The topological polar surface area (TPSA) is 119 Å². The summed E-state index contributed by atoms with van der Waals surface area (Å²) in [5.41, 5.74) is 1.37. The van der Waals surface area contributed by atoms with Crippen LogP contribution in [0.15, 0.2) is 30.6 Å². The van der Waals surface area contributed by atoms with Gasteiger partial charge in [0.05, 0.1) is 25.3 Å². The molecule has 1 aliphatic rings. The first-order chi connectivity index (χ1) is 14.2. The molecule has 0 aliphatic carbocycles. The molecule has 1 atom stereocenters. The number of aromatic nitrogens is 5. The van der Waals surface area contributed by atoms with Crippen molar-refractivity contribution in [2.75, 3.05) is 36.9 Å². The molecule has 0 unspecified atom stereocenters. The Hall–Kier alpha value is -3.11. The van der Waals surface area contributed by atoms with E-state index in [-0.39, 0.29) is 17.8 Å². The number of nitrogens with zero attached hydrogens (tertiary/aromatic N) is 5. The second kappa shape index (κ2) is 8.93. The summed E-state index contributed by atoms with van der Waals surface area (Å²) >= 11 is 0. The van der Waals surface area contributed by atoms with Gasteiger partial charge >= 0.3 is 0 Å². The molecule has 1 fully saturated rings. The Kier molecular flexibility index (Phi) is 5.92. The third kappa shape index (κ3) is 4.49. The number of hydrogen-bond donors (Lipinski definition) is 3. The van der Waals surface area contributed by atoms with E-state index in [0.29, 0.717) is 43.5 Å². The van der Waals surface area contributed by atoms with Crippen LogP contribution in [-0.4, -0.2) is 56.9 Å². The Balaban J connectivity index is 1.66. The minimum Gasteiger partial charge on any atom is -0.380 e. The number of nitrogens with one attached hydrogen (secondary N) is 3. The first-order valence-electron chi connectivity index (χ1n) is 9.75. The van der Waals surface area contributed by atoms with E-state index in [9.17, 15) is 4.79 Å². The molecular formula is C19H24N8O2. The molecule has 3 aromatic heterocycles. The fraction of sp³-hybridized carbons (Fsp3) is 0.421. The number of rotatable bonds is 8. The van der Waals surface area contributed by atoms with E-state index in [1.54, 1.807) is 17.1 Å². The Morgan fingerprint density at radius 1 is 1.38 bits per heavy atom. The molecule has 1 aliphatic heterocycles. The predicted octanol–water partition coefficient (Wildman–Crippen LogP) is 1.55. The molecule has 4 rings (SSSR count). The summed E-state index contributed by atoms with van der Waals surface area (Å²) < 4.78 is 7.24. The zero-order valence-electron chi connectivity index (χ0n) is 16.3. The van der Waals surface area contributed by atoms with Gasteiger partial charge in [-0.2, -0.15) is 10.1 Å². The number of fused-ring (bicyclic) bond motifs is 1. The quantitative estimate of drug-likeness (QED) is 0.491. The lowest BCUT2D eigenvalue weighted by Crippen LogP contribution is -2.25. The maximum absolute atomic E-state index is 12.5. The molecule has 10 nitrogen and oxygen atoms in total. The third-order valence-corrected chi connectivity index (χ3v) is 4.72. The minimum atomic E-state index is -0.0816. The fourth-order valence-corrected chi connectivity index (χ4v) is 3.26. The highest BCUT2D eigenvalue weighted by atomic mass is 16.5. The van der Waals surface area contributed by atoms with Gasteiger partial charge in [0.1, 0.15) is 16.9 Å². The molecule has 4 heterocycles. The summed E-state index contributed by atoms with van der Waals surface area (Å²) in [6.45, 7) is 5.20. The maximum Gasteiger partial charge on any atom is 0.232 e. The van der Waals surface area contributed by atoms with Gasteiger partial charge in [-0.1, -0.05) is 6.07 Å². The van der Waals surface area contributed by atoms with Crippen molar-refractivity contribution in [3.05, 3.63) is 30.6 Å². The van der Waals surface area contributed by atoms with Crippen molar-refractivity contribution in [1.29, 1.82) is 0 Å². The second-order valence-corrected chi connectivity index (χ2v) is 6.71. The van der Waals surface area contributed by atoms with Gasteiger partial charge in [-0.25, -0.2) is 9.97 Å².